The Hall–Kier alpha value is -0.530. The molecule has 0 saturated carbocycles. The molecule has 0 aliphatic rings. The minimum absolute atomic E-state index is 0.687. The van der Waals surface area contributed by atoms with Gasteiger partial charge in [0.25, 0.3) is 0 Å². The minimum atomic E-state index is 0.687. The Labute approximate surface area is 88.6 Å². The summed E-state index contributed by atoms with van der Waals surface area (Å²) in [4.78, 5) is 0. The Bertz CT molecular complexity index is 143. The molecule has 0 unspecified atom stereocenters. The summed E-state index contributed by atoms with van der Waals surface area (Å²) in [7, 11) is 0. The number of hydroxylamine groups is 1. The monoisotopic (exact) mass is 199 g/mol. The largest absolute Gasteiger partial charge is 0.624 e. The van der Waals surface area contributed by atoms with E-state index < -0.39 is 0 Å². The highest BCUT2D eigenvalue weighted by atomic mass is 16.5. The molecule has 2 heteroatoms. The molecular weight excluding hydrogens is 174 g/mol. The number of hydrogen-bond acceptors (Lipinski definition) is 1. The molecule has 0 radical (unpaired) electrons. The van der Waals surface area contributed by atoms with Crippen molar-refractivity contribution in [3.05, 3.63) is 5.21 Å². The summed E-state index contributed by atoms with van der Waals surface area (Å²) in [6.45, 7) is 5.05. The quantitative estimate of drug-likeness (QED) is 0.183. The minimum Gasteiger partial charge on any atom is -0.624 e. The summed E-state index contributed by atoms with van der Waals surface area (Å²) in [5.74, 6) is 0. The van der Waals surface area contributed by atoms with Gasteiger partial charge in [0.2, 0.25) is 0 Å². The first kappa shape index (κ1) is 13.5. The predicted octanol–water partition coefficient (Wildman–Crippen LogP) is 3.73. The zero-order valence-corrected chi connectivity index (χ0v) is 9.80. The van der Waals surface area contributed by atoms with Crippen molar-refractivity contribution in [3.63, 3.8) is 0 Å². The van der Waals surface area contributed by atoms with E-state index >= 15 is 0 Å². The number of hydrogen-bond donors (Lipinski definition) is 0. The van der Waals surface area contributed by atoms with Crippen LogP contribution in [0.25, 0.3) is 0 Å². The average Bonchev–Trinajstić information content (AvgIpc) is 2.19. The van der Waals surface area contributed by atoms with E-state index in [0.29, 0.717) is 6.54 Å². The van der Waals surface area contributed by atoms with Crippen LogP contribution in [-0.2, 0) is 0 Å². The first-order valence-corrected chi connectivity index (χ1v) is 6.08. The van der Waals surface area contributed by atoms with Gasteiger partial charge >= 0.3 is 0 Å². The lowest BCUT2D eigenvalue weighted by Gasteiger charge is -2.03. The van der Waals surface area contributed by atoms with E-state index in [9.17, 15) is 5.21 Å². The maximum atomic E-state index is 11.2. The summed E-state index contributed by atoms with van der Waals surface area (Å²) in [5.41, 5.74) is 0. The highest BCUT2D eigenvalue weighted by Gasteiger charge is 1.94. The van der Waals surface area contributed by atoms with Crippen LogP contribution in [0.3, 0.4) is 0 Å². The number of unbranched alkanes of at least 4 members (excludes halogenated alkanes) is 6. The Morgan fingerprint density at radius 2 is 1.57 bits per heavy atom. The molecule has 0 aliphatic heterocycles. The molecule has 14 heavy (non-hydrogen) atoms. The van der Waals surface area contributed by atoms with Crippen molar-refractivity contribution in [1.29, 1.82) is 0 Å². The summed E-state index contributed by atoms with van der Waals surface area (Å²) >= 11 is 0. The van der Waals surface area contributed by atoms with E-state index in [1.807, 2.05) is 6.21 Å². The number of rotatable bonds is 9. The highest BCUT2D eigenvalue weighted by Crippen LogP contribution is 1.99. The Balaban J connectivity index is 3.28. The molecule has 0 fully saturated rings. The van der Waals surface area contributed by atoms with Gasteiger partial charge in [-0.2, -0.15) is 0 Å². The molecule has 0 aromatic heterocycles. The van der Waals surface area contributed by atoms with E-state index in [1.54, 1.807) is 0 Å². The molecule has 0 atom stereocenters. The van der Waals surface area contributed by atoms with Crippen LogP contribution in [-0.4, -0.2) is 17.5 Å². The lowest BCUT2D eigenvalue weighted by molar-refractivity contribution is -0.454. The van der Waals surface area contributed by atoms with Crippen molar-refractivity contribution >= 4 is 6.21 Å². The molecule has 2 nitrogen and oxygen atoms in total. The van der Waals surface area contributed by atoms with Gasteiger partial charge in [-0.25, -0.2) is 4.74 Å². The van der Waals surface area contributed by atoms with Gasteiger partial charge in [-0.3, -0.25) is 0 Å². The molecule has 0 rings (SSSR count). The van der Waals surface area contributed by atoms with Gasteiger partial charge in [-0.15, -0.1) is 0 Å². The van der Waals surface area contributed by atoms with Crippen molar-refractivity contribution in [2.45, 2.75) is 65.2 Å². The van der Waals surface area contributed by atoms with Crippen LogP contribution >= 0.6 is 0 Å². The second-order valence-corrected chi connectivity index (χ2v) is 3.88. The van der Waals surface area contributed by atoms with Crippen molar-refractivity contribution < 1.29 is 4.74 Å². The van der Waals surface area contributed by atoms with Crippen LogP contribution in [0.15, 0.2) is 0 Å². The van der Waals surface area contributed by atoms with Gasteiger partial charge in [0.05, 0.1) is 0 Å². The maximum Gasteiger partial charge on any atom is 0.153 e. The number of nitrogens with zero attached hydrogens (tertiary/aromatic N) is 1. The van der Waals surface area contributed by atoms with Gasteiger partial charge in [-0.05, 0) is 12.8 Å². The Kier molecular flexibility index (Phi) is 10.2. The fraction of sp³-hybridized carbons (Fsp3) is 0.917. The standard InChI is InChI=1S/C12H25NO/c1-3-5-7-9-11-13(14)12-10-8-6-4-2/h11H,3-10,12H2,1-2H3/b13-11-. The van der Waals surface area contributed by atoms with E-state index in [-0.39, 0.29) is 0 Å². The Morgan fingerprint density at radius 3 is 2.21 bits per heavy atom. The average molecular weight is 199 g/mol. The smallest absolute Gasteiger partial charge is 0.153 e. The fourth-order valence-electron chi connectivity index (χ4n) is 1.42. The molecule has 0 spiro atoms. The summed E-state index contributed by atoms with van der Waals surface area (Å²) < 4.78 is 1.12. The molecule has 84 valence electrons. The van der Waals surface area contributed by atoms with Gasteiger partial charge in [0, 0.05) is 12.8 Å². The van der Waals surface area contributed by atoms with Gasteiger partial charge in [-0.1, -0.05) is 39.5 Å². The van der Waals surface area contributed by atoms with Gasteiger partial charge in [0.15, 0.2) is 12.8 Å². The van der Waals surface area contributed by atoms with E-state index in [4.69, 9.17) is 0 Å². The predicted molar refractivity (Wildman–Crippen MR) is 62.8 cm³/mol. The van der Waals surface area contributed by atoms with Gasteiger partial charge < -0.3 is 5.21 Å². The molecule has 0 bridgehead atoms. The molecule has 0 heterocycles. The molecule has 0 aromatic rings. The molecule has 0 aromatic carbocycles. The zero-order chi connectivity index (χ0) is 10.6. The maximum absolute atomic E-state index is 11.2. The lowest BCUT2D eigenvalue weighted by Crippen LogP contribution is -2.06. The van der Waals surface area contributed by atoms with Crippen molar-refractivity contribution in [1.82, 2.24) is 0 Å². The summed E-state index contributed by atoms with van der Waals surface area (Å²) in [6.07, 6.45) is 11.1. The lowest BCUT2D eigenvalue weighted by atomic mass is 10.2. The first-order valence-electron chi connectivity index (χ1n) is 6.08. The summed E-state index contributed by atoms with van der Waals surface area (Å²) in [6, 6.07) is 0. The van der Waals surface area contributed by atoms with Gasteiger partial charge in [0.1, 0.15) is 0 Å². The fourth-order valence-corrected chi connectivity index (χ4v) is 1.42. The summed E-state index contributed by atoms with van der Waals surface area (Å²) in [5, 5.41) is 11.2. The van der Waals surface area contributed by atoms with Crippen LogP contribution in [0.2, 0.25) is 0 Å². The van der Waals surface area contributed by atoms with Crippen LogP contribution in [0.4, 0.5) is 0 Å². The van der Waals surface area contributed by atoms with Crippen molar-refractivity contribution in [2.24, 2.45) is 0 Å². The van der Waals surface area contributed by atoms with E-state index in [2.05, 4.69) is 13.8 Å². The normalized spacial score (nSPS) is 12.0. The Morgan fingerprint density at radius 1 is 0.929 bits per heavy atom. The molecular formula is C12H25NO. The van der Waals surface area contributed by atoms with Crippen LogP contribution in [0.1, 0.15) is 65.2 Å². The van der Waals surface area contributed by atoms with E-state index in [1.165, 1.54) is 32.1 Å². The third-order valence-corrected chi connectivity index (χ3v) is 2.37. The van der Waals surface area contributed by atoms with Crippen molar-refractivity contribution in [2.75, 3.05) is 6.54 Å². The topological polar surface area (TPSA) is 26.1 Å². The van der Waals surface area contributed by atoms with E-state index in [0.717, 1.165) is 24.0 Å². The third-order valence-electron chi connectivity index (χ3n) is 2.37. The molecule has 0 saturated heterocycles. The second-order valence-electron chi connectivity index (χ2n) is 3.88. The highest BCUT2D eigenvalue weighted by molar-refractivity contribution is 5.50. The third kappa shape index (κ3) is 9.56. The van der Waals surface area contributed by atoms with Crippen LogP contribution in [0, 0.1) is 5.21 Å². The molecule has 0 N–H and O–H groups in total. The van der Waals surface area contributed by atoms with Crippen molar-refractivity contribution in [3.8, 4) is 0 Å². The molecule has 0 amide bonds. The van der Waals surface area contributed by atoms with Crippen LogP contribution < -0.4 is 0 Å². The first-order chi connectivity index (χ1) is 6.81. The zero-order valence-electron chi connectivity index (χ0n) is 9.80. The molecule has 0 aliphatic carbocycles. The van der Waals surface area contributed by atoms with Crippen LogP contribution in [0.5, 0.6) is 0 Å². The second kappa shape index (κ2) is 10.6. The SMILES string of the molecule is CCCCC/C=[N+](\[O-])CCCCCC.